The van der Waals surface area contributed by atoms with Crippen LogP contribution in [-0.2, 0) is 9.53 Å². The van der Waals surface area contributed by atoms with Gasteiger partial charge < -0.3 is 4.74 Å². The first kappa shape index (κ1) is 4.50. The number of ether oxygens (including phenoxy) is 1. The average molecular weight is 112 g/mol. The molecule has 3 fully saturated rings. The Labute approximate surface area is 47.8 Å². The number of Topliss-reactive ketones (excluding diaryl/α,β-unsaturated/α-hetero) is 1. The molecular formula is C6H8O2. The van der Waals surface area contributed by atoms with Gasteiger partial charge in [-0.25, -0.2) is 0 Å². The Morgan fingerprint density at radius 3 is 2.62 bits per heavy atom. The minimum Gasteiger partial charge on any atom is -0.367 e. The molecule has 2 nitrogen and oxygen atoms in total. The minimum atomic E-state index is 0.00810. The van der Waals surface area contributed by atoms with E-state index in [4.69, 9.17) is 4.74 Å². The second-order valence-electron chi connectivity index (χ2n) is 2.49. The minimum absolute atomic E-state index is 0.00810. The number of carbonyl (C=O) groups excluding carboxylic acids is 1. The van der Waals surface area contributed by atoms with Gasteiger partial charge in [0.15, 0.2) is 5.78 Å². The largest absolute Gasteiger partial charge is 0.367 e. The molecule has 1 saturated carbocycles. The van der Waals surface area contributed by atoms with E-state index >= 15 is 0 Å². The standard InChI is InChI=1S/C6H8O2/c7-5-2-1-4-3-6(5)8-4/h4,6H,1-3H2/t4-,6-/m0/s1. The summed E-state index contributed by atoms with van der Waals surface area (Å²) in [6.07, 6.45) is 3.18. The highest BCUT2D eigenvalue weighted by atomic mass is 16.5. The molecule has 0 unspecified atom stereocenters. The fourth-order valence-electron chi connectivity index (χ4n) is 1.32. The molecule has 0 amide bonds. The molecule has 2 saturated heterocycles. The van der Waals surface area contributed by atoms with E-state index in [-0.39, 0.29) is 6.10 Å². The molecular weight excluding hydrogens is 104 g/mol. The Morgan fingerprint density at radius 1 is 1.62 bits per heavy atom. The zero-order chi connectivity index (χ0) is 5.56. The van der Waals surface area contributed by atoms with Gasteiger partial charge in [0.1, 0.15) is 6.10 Å². The molecule has 3 aliphatic rings. The van der Waals surface area contributed by atoms with Gasteiger partial charge in [0.05, 0.1) is 6.10 Å². The summed E-state index contributed by atoms with van der Waals surface area (Å²) in [6, 6.07) is 0. The van der Waals surface area contributed by atoms with Crippen LogP contribution in [-0.4, -0.2) is 18.0 Å². The van der Waals surface area contributed by atoms with Gasteiger partial charge in [-0.3, -0.25) is 4.79 Å². The van der Waals surface area contributed by atoms with Crippen molar-refractivity contribution in [2.75, 3.05) is 0 Å². The smallest absolute Gasteiger partial charge is 0.161 e. The van der Waals surface area contributed by atoms with Crippen molar-refractivity contribution in [1.82, 2.24) is 0 Å². The number of rotatable bonds is 0. The Hall–Kier alpha value is -0.370. The summed E-state index contributed by atoms with van der Waals surface area (Å²) in [5.41, 5.74) is 0. The van der Waals surface area contributed by atoms with Gasteiger partial charge in [-0.2, -0.15) is 0 Å². The second-order valence-corrected chi connectivity index (χ2v) is 2.49. The van der Waals surface area contributed by atoms with E-state index in [1.807, 2.05) is 0 Å². The van der Waals surface area contributed by atoms with Gasteiger partial charge in [-0.1, -0.05) is 0 Å². The van der Waals surface area contributed by atoms with Crippen molar-refractivity contribution in [1.29, 1.82) is 0 Å². The van der Waals surface area contributed by atoms with Crippen LogP contribution in [0.3, 0.4) is 0 Å². The van der Waals surface area contributed by atoms with Gasteiger partial charge in [-0.05, 0) is 6.42 Å². The van der Waals surface area contributed by atoms with Gasteiger partial charge >= 0.3 is 0 Å². The van der Waals surface area contributed by atoms with Gasteiger partial charge in [0.25, 0.3) is 0 Å². The van der Waals surface area contributed by atoms with E-state index in [0.29, 0.717) is 11.9 Å². The molecule has 0 radical (unpaired) electrons. The zero-order valence-corrected chi connectivity index (χ0v) is 4.59. The van der Waals surface area contributed by atoms with Gasteiger partial charge in [-0.15, -0.1) is 0 Å². The van der Waals surface area contributed by atoms with E-state index in [9.17, 15) is 4.79 Å². The van der Waals surface area contributed by atoms with Gasteiger partial charge in [0.2, 0.25) is 0 Å². The summed E-state index contributed by atoms with van der Waals surface area (Å²) >= 11 is 0. The number of ketones is 1. The molecule has 2 atom stereocenters. The Kier molecular flexibility index (Phi) is 0.742. The SMILES string of the molecule is O=C1CC[C@H]2C[C@@H]1O2. The lowest BCUT2D eigenvalue weighted by molar-refractivity contribution is -0.175. The Bertz CT molecular complexity index is 122. The summed E-state index contributed by atoms with van der Waals surface area (Å²) in [4.78, 5) is 10.7. The zero-order valence-electron chi connectivity index (χ0n) is 4.59. The molecule has 0 aromatic rings. The summed E-state index contributed by atoms with van der Waals surface area (Å²) in [6.45, 7) is 0. The van der Waals surface area contributed by atoms with Crippen molar-refractivity contribution in [2.45, 2.75) is 31.5 Å². The van der Waals surface area contributed by atoms with E-state index in [1.165, 1.54) is 0 Å². The van der Waals surface area contributed by atoms with Gasteiger partial charge in [0, 0.05) is 12.8 Å². The molecule has 0 aromatic carbocycles. The van der Waals surface area contributed by atoms with Crippen LogP contribution in [0, 0.1) is 0 Å². The highest BCUT2D eigenvalue weighted by molar-refractivity contribution is 5.85. The first-order valence-electron chi connectivity index (χ1n) is 3.04. The molecule has 2 bridgehead atoms. The molecule has 2 heteroatoms. The second kappa shape index (κ2) is 1.32. The highest BCUT2D eigenvalue weighted by Crippen LogP contribution is 2.31. The summed E-state index contributed by atoms with van der Waals surface area (Å²) in [7, 11) is 0. The number of carbonyl (C=O) groups is 1. The summed E-state index contributed by atoms with van der Waals surface area (Å²) in [5, 5.41) is 0. The van der Waals surface area contributed by atoms with Crippen LogP contribution in [0.4, 0.5) is 0 Å². The molecule has 0 aromatic heterocycles. The van der Waals surface area contributed by atoms with Crippen LogP contribution < -0.4 is 0 Å². The topological polar surface area (TPSA) is 26.3 Å². The van der Waals surface area contributed by atoms with Crippen molar-refractivity contribution in [3.05, 3.63) is 0 Å². The van der Waals surface area contributed by atoms with Crippen LogP contribution in [0.5, 0.6) is 0 Å². The fourth-order valence-corrected chi connectivity index (χ4v) is 1.32. The highest BCUT2D eigenvalue weighted by Gasteiger charge is 2.39. The maximum Gasteiger partial charge on any atom is 0.161 e. The third kappa shape index (κ3) is 0.436. The number of fused-ring (bicyclic) bond motifs is 2. The normalized spacial score (nSPS) is 43.8. The molecule has 0 N–H and O–H groups in total. The molecule has 2 heterocycles. The number of hydrogen-bond donors (Lipinski definition) is 0. The molecule has 44 valence electrons. The summed E-state index contributed by atoms with van der Waals surface area (Å²) < 4.78 is 5.14. The van der Waals surface area contributed by atoms with E-state index in [2.05, 4.69) is 0 Å². The van der Waals surface area contributed by atoms with Crippen LogP contribution in [0.2, 0.25) is 0 Å². The Balaban J connectivity index is 2.10. The third-order valence-corrected chi connectivity index (χ3v) is 1.91. The predicted molar refractivity (Wildman–Crippen MR) is 27.5 cm³/mol. The maximum atomic E-state index is 10.7. The van der Waals surface area contributed by atoms with Crippen molar-refractivity contribution < 1.29 is 9.53 Å². The van der Waals surface area contributed by atoms with Crippen LogP contribution in [0.1, 0.15) is 19.3 Å². The molecule has 3 rings (SSSR count). The molecule has 0 spiro atoms. The van der Waals surface area contributed by atoms with Crippen molar-refractivity contribution in [3.63, 3.8) is 0 Å². The average Bonchev–Trinajstić information content (AvgIpc) is 1.62. The quantitative estimate of drug-likeness (QED) is 0.456. The molecule has 2 aliphatic heterocycles. The van der Waals surface area contributed by atoms with E-state index in [1.54, 1.807) is 0 Å². The monoisotopic (exact) mass is 112 g/mol. The van der Waals surface area contributed by atoms with Crippen molar-refractivity contribution >= 4 is 5.78 Å². The lowest BCUT2D eigenvalue weighted by Crippen LogP contribution is -2.47. The van der Waals surface area contributed by atoms with E-state index in [0.717, 1.165) is 19.3 Å². The fraction of sp³-hybridized carbons (Fsp3) is 0.833. The van der Waals surface area contributed by atoms with Crippen molar-refractivity contribution in [2.24, 2.45) is 0 Å². The van der Waals surface area contributed by atoms with E-state index < -0.39 is 0 Å². The first-order valence-corrected chi connectivity index (χ1v) is 3.04. The summed E-state index contributed by atoms with van der Waals surface area (Å²) in [5.74, 6) is 0.313. The lowest BCUT2D eigenvalue weighted by Gasteiger charge is -2.39. The third-order valence-electron chi connectivity index (χ3n) is 1.91. The van der Waals surface area contributed by atoms with Crippen molar-refractivity contribution in [3.8, 4) is 0 Å². The van der Waals surface area contributed by atoms with Crippen LogP contribution in [0.25, 0.3) is 0 Å². The molecule has 8 heavy (non-hydrogen) atoms. The predicted octanol–water partition coefficient (Wildman–Crippen LogP) is 0.507. The van der Waals surface area contributed by atoms with Crippen LogP contribution >= 0.6 is 0 Å². The maximum absolute atomic E-state index is 10.7. The Morgan fingerprint density at radius 2 is 2.38 bits per heavy atom. The lowest BCUT2D eigenvalue weighted by atomic mass is 9.88. The van der Waals surface area contributed by atoms with Crippen LogP contribution in [0.15, 0.2) is 0 Å². The first-order chi connectivity index (χ1) is 3.86. The number of hydrogen-bond acceptors (Lipinski definition) is 2. The molecule has 1 aliphatic carbocycles.